The van der Waals surface area contributed by atoms with Crippen molar-refractivity contribution in [1.29, 1.82) is 0 Å². The van der Waals surface area contributed by atoms with Gasteiger partial charge in [0, 0.05) is 10.6 Å². The molecule has 104 valence electrons. The molecule has 0 radical (unpaired) electrons. The van der Waals surface area contributed by atoms with E-state index in [4.69, 9.17) is 27.9 Å². The molecule has 0 aliphatic rings. The second kappa shape index (κ2) is 8.23. The Kier molecular flexibility index (Phi) is 6.96. The minimum absolute atomic E-state index is 0.357. The van der Waals surface area contributed by atoms with E-state index in [0.29, 0.717) is 28.5 Å². The van der Waals surface area contributed by atoms with E-state index in [1.807, 2.05) is 0 Å². The Bertz CT molecular complexity index is 423. The number of ether oxygens (including phenoxy) is 1. The molecule has 1 rings (SSSR count). The first-order chi connectivity index (χ1) is 9.04. The van der Waals surface area contributed by atoms with E-state index in [1.54, 1.807) is 18.2 Å². The van der Waals surface area contributed by atoms with E-state index in [0.717, 1.165) is 12.8 Å². The van der Waals surface area contributed by atoms with E-state index in [-0.39, 0.29) is 0 Å². The average molecular weight is 301 g/mol. The summed E-state index contributed by atoms with van der Waals surface area (Å²) in [5, 5.41) is -0.175. The lowest BCUT2D eigenvalue weighted by Crippen LogP contribution is -2.00. The fraction of sp³-hybridized carbons (Fsp3) is 0.400. The van der Waals surface area contributed by atoms with E-state index in [2.05, 4.69) is 13.5 Å². The van der Waals surface area contributed by atoms with Crippen molar-refractivity contribution in [2.75, 3.05) is 6.61 Å². The molecule has 2 nitrogen and oxygen atoms in total. The fourth-order valence-corrected chi connectivity index (χ4v) is 1.89. The smallest absolute Gasteiger partial charge is 0.252 e. The number of halogens is 2. The molecule has 0 spiro atoms. The van der Waals surface area contributed by atoms with Gasteiger partial charge in [0.05, 0.1) is 6.61 Å². The third kappa shape index (κ3) is 5.66. The molecule has 0 heterocycles. The van der Waals surface area contributed by atoms with Crippen molar-refractivity contribution >= 4 is 33.5 Å². The monoisotopic (exact) mass is 300 g/mol. The first-order valence-corrected chi connectivity index (χ1v) is 7.12. The van der Waals surface area contributed by atoms with Gasteiger partial charge in [0.2, 0.25) is 0 Å². The summed E-state index contributed by atoms with van der Waals surface area (Å²) >= 11 is 11.3. The Morgan fingerprint density at radius 3 is 2.42 bits per heavy atom. The highest BCUT2D eigenvalue weighted by Crippen LogP contribution is 2.25. The minimum Gasteiger partial charge on any atom is -0.494 e. The van der Waals surface area contributed by atoms with Gasteiger partial charge >= 0.3 is 0 Å². The summed E-state index contributed by atoms with van der Waals surface area (Å²) in [6, 6.07) is 4.99. The molecule has 0 saturated carbocycles. The molecular formula is C15H18Cl2O2. The lowest BCUT2D eigenvalue weighted by Gasteiger charge is -2.09. The van der Waals surface area contributed by atoms with Gasteiger partial charge in [0.1, 0.15) is 5.75 Å². The fourth-order valence-electron chi connectivity index (χ4n) is 1.67. The first kappa shape index (κ1) is 16.1. The zero-order valence-electron chi connectivity index (χ0n) is 11.0. The normalized spacial score (nSPS) is 10.3. The van der Waals surface area contributed by atoms with Crippen LogP contribution in [0.1, 0.15) is 48.5 Å². The van der Waals surface area contributed by atoms with Crippen LogP contribution in [0.2, 0.25) is 0 Å². The highest BCUT2D eigenvalue weighted by Gasteiger charge is 2.08. The summed E-state index contributed by atoms with van der Waals surface area (Å²) < 4.78 is 5.62. The molecule has 0 aliphatic carbocycles. The summed E-state index contributed by atoms with van der Waals surface area (Å²) in [5.74, 6) is 0.597. The molecule has 0 aliphatic heterocycles. The summed E-state index contributed by atoms with van der Waals surface area (Å²) in [5.41, 5.74) is 1.02. The molecule has 1 aromatic rings. The molecule has 0 amide bonds. The van der Waals surface area contributed by atoms with Crippen molar-refractivity contribution in [2.45, 2.75) is 32.6 Å². The first-order valence-electron chi connectivity index (χ1n) is 6.37. The van der Waals surface area contributed by atoms with Gasteiger partial charge in [-0.3, -0.25) is 4.79 Å². The molecule has 0 N–H and O–H groups in total. The summed E-state index contributed by atoms with van der Waals surface area (Å²) in [6.07, 6.45) is 4.52. The molecule has 1 aromatic carbocycles. The number of hydrogen-bond donors (Lipinski definition) is 0. The van der Waals surface area contributed by atoms with Gasteiger partial charge < -0.3 is 4.74 Å². The second-order valence-electron chi connectivity index (χ2n) is 4.33. The number of carbonyl (C=O) groups excluding carboxylic acids is 1. The van der Waals surface area contributed by atoms with Crippen LogP contribution in [0.25, 0.3) is 5.03 Å². The Balaban J connectivity index is 2.71. The minimum atomic E-state index is -0.532. The lowest BCUT2D eigenvalue weighted by atomic mass is 10.1. The van der Waals surface area contributed by atoms with Gasteiger partial charge in [-0.1, -0.05) is 44.4 Å². The van der Waals surface area contributed by atoms with Crippen molar-refractivity contribution in [2.24, 2.45) is 0 Å². The van der Waals surface area contributed by atoms with Gasteiger partial charge in [-0.25, -0.2) is 0 Å². The molecule has 0 bridgehead atoms. The van der Waals surface area contributed by atoms with Crippen LogP contribution >= 0.6 is 23.2 Å². The van der Waals surface area contributed by atoms with Gasteiger partial charge in [-0.05, 0) is 41.8 Å². The predicted molar refractivity (Wildman–Crippen MR) is 81.1 cm³/mol. The number of hydrogen-bond acceptors (Lipinski definition) is 2. The lowest BCUT2D eigenvalue weighted by molar-refractivity contribution is 0.108. The zero-order valence-corrected chi connectivity index (χ0v) is 12.6. The van der Waals surface area contributed by atoms with E-state index in [1.165, 1.54) is 12.8 Å². The maximum absolute atomic E-state index is 11.2. The highest BCUT2D eigenvalue weighted by atomic mass is 35.5. The Morgan fingerprint density at radius 2 is 1.84 bits per heavy atom. The molecule has 19 heavy (non-hydrogen) atoms. The number of benzene rings is 1. The number of unbranched alkanes of at least 4 members (excludes halogenated alkanes) is 3. The molecule has 0 saturated heterocycles. The predicted octanol–water partition coefficient (Wildman–Crippen LogP) is 5.23. The zero-order chi connectivity index (χ0) is 14.3. The maximum Gasteiger partial charge on any atom is 0.252 e. The van der Waals surface area contributed by atoms with E-state index >= 15 is 0 Å². The summed E-state index contributed by atoms with van der Waals surface area (Å²) in [7, 11) is 0. The van der Waals surface area contributed by atoms with Crippen LogP contribution in [0.15, 0.2) is 24.8 Å². The third-order valence-corrected chi connectivity index (χ3v) is 3.15. The highest BCUT2D eigenvalue weighted by molar-refractivity contribution is 6.67. The van der Waals surface area contributed by atoms with E-state index < -0.39 is 5.24 Å². The second-order valence-corrected chi connectivity index (χ2v) is 5.13. The largest absolute Gasteiger partial charge is 0.494 e. The van der Waals surface area contributed by atoms with Crippen LogP contribution < -0.4 is 4.74 Å². The summed E-state index contributed by atoms with van der Waals surface area (Å²) in [4.78, 5) is 11.2. The Hall–Kier alpha value is -0.990. The molecule has 0 unspecified atom stereocenters. The van der Waals surface area contributed by atoms with Crippen LogP contribution in [-0.2, 0) is 0 Å². The maximum atomic E-state index is 11.2. The Labute approximate surface area is 124 Å². The van der Waals surface area contributed by atoms with Gasteiger partial charge in [0.15, 0.2) is 0 Å². The SMILES string of the molecule is C=C(Cl)c1cc(OCCCCCC)cc(C(=O)Cl)c1. The van der Waals surface area contributed by atoms with Gasteiger partial charge in [-0.15, -0.1) is 0 Å². The molecule has 4 heteroatoms. The number of carbonyl (C=O) groups is 1. The molecule has 0 aromatic heterocycles. The van der Waals surface area contributed by atoms with Crippen molar-refractivity contribution in [3.63, 3.8) is 0 Å². The van der Waals surface area contributed by atoms with Crippen molar-refractivity contribution in [3.8, 4) is 5.75 Å². The van der Waals surface area contributed by atoms with E-state index in [9.17, 15) is 4.79 Å². The van der Waals surface area contributed by atoms with Crippen molar-refractivity contribution < 1.29 is 9.53 Å². The number of rotatable bonds is 8. The van der Waals surface area contributed by atoms with Crippen LogP contribution in [0.5, 0.6) is 5.75 Å². The van der Waals surface area contributed by atoms with Crippen LogP contribution in [0.3, 0.4) is 0 Å². The van der Waals surface area contributed by atoms with Gasteiger partial charge in [0.25, 0.3) is 5.24 Å². The summed E-state index contributed by atoms with van der Waals surface area (Å²) in [6.45, 7) is 6.42. The topological polar surface area (TPSA) is 26.3 Å². The van der Waals surface area contributed by atoms with Crippen LogP contribution in [-0.4, -0.2) is 11.8 Å². The molecule has 0 atom stereocenters. The quantitative estimate of drug-likeness (QED) is 0.485. The van der Waals surface area contributed by atoms with Crippen molar-refractivity contribution in [3.05, 3.63) is 35.9 Å². The molecular weight excluding hydrogens is 283 g/mol. The molecule has 0 fully saturated rings. The van der Waals surface area contributed by atoms with Crippen molar-refractivity contribution in [1.82, 2.24) is 0 Å². The van der Waals surface area contributed by atoms with Crippen LogP contribution in [0.4, 0.5) is 0 Å². The Morgan fingerprint density at radius 1 is 1.16 bits per heavy atom. The third-order valence-electron chi connectivity index (χ3n) is 2.71. The standard InChI is InChI=1S/C15H18Cl2O2/c1-3-4-5-6-7-19-14-9-12(11(2)16)8-13(10-14)15(17)18/h8-10H,2-7H2,1H3. The van der Waals surface area contributed by atoms with Crippen LogP contribution in [0, 0.1) is 0 Å². The van der Waals surface area contributed by atoms with Gasteiger partial charge in [-0.2, -0.15) is 0 Å². The average Bonchev–Trinajstić information content (AvgIpc) is 2.38.